The number of para-hydroxylation sites is 1. The van der Waals surface area contributed by atoms with E-state index in [9.17, 15) is 5.11 Å². The molecular weight excluding hydrogens is 372 g/mol. The van der Waals surface area contributed by atoms with Crippen LogP contribution in [-0.4, -0.2) is 17.9 Å². The molecule has 0 saturated heterocycles. The quantitative estimate of drug-likeness (QED) is 0.714. The van der Waals surface area contributed by atoms with Gasteiger partial charge in [0.25, 0.3) is 0 Å². The second kappa shape index (κ2) is 10.8. The molecule has 1 saturated carbocycles. The van der Waals surface area contributed by atoms with Crippen LogP contribution in [0.3, 0.4) is 0 Å². The number of hydrogen-bond acceptors (Lipinski definition) is 2. The number of halogens is 2. The first-order chi connectivity index (χ1) is 9.69. The van der Waals surface area contributed by atoms with Crippen molar-refractivity contribution in [3.05, 3.63) is 29.3 Å². The van der Waals surface area contributed by atoms with Gasteiger partial charge in [-0.3, -0.25) is 4.99 Å². The minimum absolute atomic E-state index is 0.361. The number of rotatable bonds is 3. The Morgan fingerprint density at radius 3 is 2.60 bits per heavy atom. The third-order valence-corrected chi connectivity index (χ3v) is 3.59. The molecule has 0 heterocycles. The first-order valence-corrected chi connectivity index (χ1v) is 13.3. The molecule has 0 aromatic heterocycles. The molecule has 0 spiro atoms. The molecule has 1 aliphatic carbocycles. The number of aromatic hydroxyl groups is 1. The second-order valence-electron chi connectivity index (χ2n) is 5.08. The third kappa shape index (κ3) is 6.74. The monoisotopic (exact) mass is 391 g/mol. The number of nitrogens with zero attached hydrogens (tertiary/aromatic N) is 1. The topological polar surface area (TPSA) is 32.6 Å². The molecule has 0 unspecified atom stereocenters. The molecule has 1 N–H and O–H groups in total. The van der Waals surface area contributed by atoms with Crippen molar-refractivity contribution in [1.82, 2.24) is 0 Å². The van der Waals surface area contributed by atoms with Gasteiger partial charge < -0.3 is 5.11 Å². The molecule has 2 rings (SSSR count). The molecule has 5 heteroatoms. The second-order valence-corrected chi connectivity index (χ2v) is 8.81. The summed E-state index contributed by atoms with van der Waals surface area (Å²) in [6.45, 7) is 2.82. The van der Waals surface area contributed by atoms with Crippen LogP contribution in [0.1, 0.15) is 43.2 Å². The van der Waals surface area contributed by atoms with E-state index in [2.05, 4.69) is 4.99 Å². The van der Waals surface area contributed by atoms with Gasteiger partial charge in [-0.2, -0.15) is 0 Å². The Morgan fingerprint density at radius 2 is 1.95 bits per heavy atom. The average molecular weight is 393 g/mol. The number of phenolic OH excluding ortho intramolecular Hbond substituents is 1. The molecule has 1 fully saturated rings. The third-order valence-electron chi connectivity index (χ3n) is 3.59. The Bertz CT molecular complexity index is 420. The van der Waals surface area contributed by atoms with Crippen LogP contribution in [0.2, 0.25) is 0 Å². The van der Waals surface area contributed by atoms with Crippen molar-refractivity contribution in [3.63, 3.8) is 0 Å². The zero-order valence-corrected chi connectivity index (χ0v) is 15.7. The van der Waals surface area contributed by atoms with E-state index >= 15 is 0 Å². The van der Waals surface area contributed by atoms with E-state index in [1.807, 2.05) is 31.3 Å². The summed E-state index contributed by atoms with van der Waals surface area (Å²) in [6.07, 6.45) is 8.55. The van der Waals surface area contributed by atoms with E-state index in [0.29, 0.717) is 5.75 Å². The van der Waals surface area contributed by atoms with Crippen LogP contribution in [0.5, 0.6) is 5.75 Å². The summed E-state index contributed by atoms with van der Waals surface area (Å²) in [5.74, 6) is 1.12. The zero-order valence-electron chi connectivity index (χ0n) is 11.8. The fraction of sp³-hybridized carbons (Fsp3) is 0.533. The van der Waals surface area contributed by atoms with Gasteiger partial charge in [0.05, 0.1) is 0 Å². The van der Waals surface area contributed by atoms with E-state index in [1.165, 1.54) is 32.1 Å². The Morgan fingerprint density at radius 1 is 1.30 bits per heavy atom. The number of aliphatic imine (C=N–C) groups is 1. The Labute approximate surface area is 140 Å². The van der Waals surface area contributed by atoms with Gasteiger partial charge in [-0.05, 0) is 37.3 Å². The Balaban J connectivity index is 0.000000612. The van der Waals surface area contributed by atoms with Crippen LogP contribution >= 0.6 is 17.0 Å². The summed E-state index contributed by atoms with van der Waals surface area (Å²) in [5, 5.41) is 9.84. The summed E-state index contributed by atoms with van der Waals surface area (Å²) in [6, 6.07) is 5.78. The van der Waals surface area contributed by atoms with Gasteiger partial charge in [0.2, 0.25) is 0 Å². The molecule has 0 bridgehead atoms. The predicted octanol–water partition coefficient (Wildman–Crippen LogP) is 5.08. The van der Waals surface area contributed by atoms with Crippen LogP contribution in [-0.2, 0) is 20.8 Å². The van der Waals surface area contributed by atoms with Crippen LogP contribution in [0, 0.1) is 12.8 Å². The molecule has 20 heavy (non-hydrogen) atoms. The van der Waals surface area contributed by atoms with Gasteiger partial charge in [0.1, 0.15) is 5.75 Å². The van der Waals surface area contributed by atoms with Crippen molar-refractivity contribution in [2.75, 3.05) is 6.54 Å². The van der Waals surface area contributed by atoms with Crippen LogP contribution in [0.25, 0.3) is 0 Å². The van der Waals surface area contributed by atoms with E-state index in [0.717, 1.165) is 23.6 Å². The molecule has 1 aliphatic rings. The number of benzene rings is 1. The van der Waals surface area contributed by atoms with Crippen molar-refractivity contribution < 1.29 is 26.0 Å². The maximum atomic E-state index is 9.84. The molecular formula is C15H21Cl2NOZr. The summed E-state index contributed by atoms with van der Waals surface area (Å²) in [5.41, 5.74) is 1.74. The van der Waals surface area contributed by atoms with E-state index in [1.54, 1.807) is 0 Å². The minimum atomic E-state index is -0.826. The summed E-state index contributed by atoms with van der Waals surface area (Å²) < 4.78 is 0. The molecule has 1 aromatic carbocycles. The number of phenols is 1. The van der Waals surface area contributed by atoms with Crippen molar-refractivity contribution in [2.45, 2.75) is 39.0 Å². The predicted molar refractivity (Wildman–Crippen MR) is 83.6 cm³/mol. The normalized spacial score (nSPS) is 15.8. The maximum absolute atomic E-state index is 9.84. The van der Waals surface area contributed by atoms with Gasteiger partial charge in [-0.25, -0.2) is 0 Å². The van der Waals surface area contributed by atoms with Crippen molar-refractivity contribution in [3.8, 4) is 5.75 Å². The number of hydrogen-bond donors (Lipinski definition) is 1. The molecule has 0 amide bonds. The number of aryl methyl sites for hydroxylation is 1. The standard InChI is InChI=1S/C15H21NO.2ClH.Zr/c1-12-6-5-9-14(15(12)17)11-16-10-13-7-3-2-4-8-13;;;/h5-6,9,11,13,17H,2-4,7-8,10H2,1H3;2*1H;/q;;;+2/p-2. The fourth-order valence-electron chi connectivity index (χ4n) is 2.46. The van der Waals surface area contributed by atoms with Crippen molar-refractivity contribution in [1.29, 1.82) is 0 Å². The van der Waals surface area contributed by atoms with Crippen molar-refractivity contribution in [2.24, 2.45) is 10.9 Å². The van der Waals surface area contributed by atoms with Crippen LogP contribution < -0.4 is 0 Å². The Kier molecular flexibility index (Phi) is 9.85. The van der Waals surface area contributed by atoms with Gasteiger partial charge in [-0.15, -0.1) is 0 Å². The van der Waals surface area contributed by atoms with Gasteiger partial charge >= 0.3 is 37.9 Å². The van der Waals surface area contributed by atoms with Gasteiger partial charge in [-0.1, -0.05) is 31.4 Å². The molecule has 0 atom stereocenters. The Hall–Kier alpha value is 0.153. The molecule has 0 radical (unpaired) electrons. The molecule has 2 nitrogen and oxygen atoms in total. The SMILES string of the molecule is Cc1cccc(C=NCC2CCCCC2)c1O.[Cl][Zr][Cl]. The summed E-state index contributed by atoms with van der Waals surface area (Å²) in [7, 11) is 9.87. The zero-order chi connectivity index (χ0) is 14.8. The molecule has 0 aliphatic heterocycles. The molecule has 110 valence electrons. The van der Waals surface area contributed by atoms with E-state index in [4.69, 9.17) is 17.0 Å². The summed E-state index contributed by atoms with van der Waals surface area (Å²) in [4.78, 5) is 4.48. The van der Waals surface area contributed by atoms with Gasteiger partial charge in [0, 0.05) is 18.3 Å². The van der Waals surface area contributed by atoms with Crippen LogP contribution in [0.15, 0.2) is 23.2 Å². The summed E-state index contributed by atoms with van der Waals surface area (Å²) >= 11 is -0.826. The fourth-order valence-corrected chi connectivity index (χ4v) is 2.46. The first kappa shape index (κ1) is 18.2. The van der Waals surface area contributed by atoms with Gasteiger partial charge in [0.15, 0.2) is 0 Å². The van der Waals surface area contributed by atoms with E-state index in [-0.39, 0.29) is 0 Å². The average Bonchev–Trinajstić information content (AvgIpc) is 2.45. The van der Waals surface area contributed by atoms with E-state index < -0.39 is 20.8 Å². The first-order valence-electron chi connectivity index (χ1n) is 6.93. The van der Waals surface area contributed by atoms with Crippen molar-refractivity contribution >= 4 is 23.2 Å². The van der Waals surface area contributed by atoms with Crippen LogP contribution in [0.4, 0.5) is 0 Å². The molecule has 1 aromatic rings.